The molecule has 1 saturated heterocycles. The van der Waals surface area contributed by atoms with Gasteiger partial charge in [-0.1, -0.05) is 18.6 Å². The first-order valence-corrected chi connectivity index (χ1v) is 5.77. The van der Waals surface area contributed by atoms with Gasteiger partial charge in [-0.15, -0.1) is 0 Å². The Kier molecular flexibility index (Phi) is 3.27. The Labute approximate surface area is 91.5 Å². The Balaban J connectivity index is 2.09. The fraction of sp³-hybridized carbons (Fsp3) is 0.538. The summed E-state index contributed by atoms with van der Waals surface area (Å²) in [4.78, 5) is 2.44. The summed E-state index contributed by atoms with van der Waals surface area (Å²) in [6.07, 6.45) is 3.95. The zero-order valence-corrected chi connectivity index (χ0v) is 9.37. The molecule has 1 aromatic rings. The molecule has 0 amide bonds. The van der Waals surface area contributed by atoms with E-state index in [2.05, 4.69) is 17.9 Å². The average molecular weight is 205 g/mol. The van der Waals surface area contributed by atoms with Crippen LogP contribution in [0.5, 0.6) is 5.75 Å². The van der Waals surface area contributed by atoms with E-state index in [1.807, 2.05) is 6.07 Å². The van der Waals surface area contributed by atoms with Gasteiger partial charge < -0.3 is 5.11 Å². The largest absolute Gasteiger partial charge is 0.508 e. The van der Waals surface area contributed by atoms with E-state index >= 15 is 0 Å². The van der Waals surface area contributed by atoms with Crippen molar-refractivity contribution in [2.24, 2.45) is 0 Å². The molecule has 1 fully saturated rings. The van der Waals surface area contributed by atoms with Crippen LogP contribution in [0.25, 0.3) is 0 Å². The van der Waals surface area contributed by atoms with Crippen molar-refractivity contribution in [2.75, 3.05) is 13.1 Å². The van der Waals surface area contributed by atoms with Gasteiger partial charge in [-0.3, -0.25) is 4.90 Å². The molecule has 15 heavy (non-hydrogen) atoms. The molecule has 2 nitrogen and oxygen atoms in total. The van der Waals surface area contributed by atoms with Crippen molar-refractivity contribution in [1.82, 2.24) is 4.90 Å². The lowest BCUT2D eigenvalue weighted by atomic mass is 10.1. The second-order valence-corrected chi connectivity index (χ2v) is 4.41. The lowest BCUT2D eigenvalue weighted by Crippen LogP contribution is -2.29. The SMILES string of the molecule is Cc1cccc(O)c1CN1CCCCC1. The van der Waals surface area contributed by atoms with Crippen LogP contribution in [0.3, 0.4) is 0 Å². The van der Waals surface area contributed by atoms with Gasteiger partial charge in [0.15, 0.2) is 0 Å². The van der Waals surface area contributed by atoms with E-state index in [0.29, 0.717) is 5.75 Å². The number of nitrogens with zero attached hydrogens (tertiary/aromatic N) is 1. The van der Waals surface area contributed by atoms with Crippen LogP contribution in [0.1, 0.15) is 30.4 Å². The van der Waals surface area contributed by atoms with Crippen LogP contribution in [0.2, 0.25) is 0 Å². The molecule has 0 spiro atoms. The number of piperidine rings is 1. The summed E-state index contributed by atoms with van der Waals surface area (Å²) >= 11 is 0. The normalized spacial score (nSPS) is 17.9. The van der Waals surface area contributed by atoms with Crippen molar-refractivity contribution in [1.29, 1.82) is 0 Å². The first kappa shape index (κ1) is 10.5. The second kappa shape index (κ2) is 4.67. The molecule has 2 rings (SSSR count). The van der Waals surface area contributed by atoms with Gasteiger partial charge in [0.1, 0.15) is 5.75 Å². The molecule has 2 heteroatoms. The van der Waals surface area contributed by atoms with Gasteiger partial charge in [-0.2, -0.15) is 0 Å². The molecular weight excluding hydrogens is 186 g/mol. The molecule has 0 aliphatic carbocycles. The lowest BCUT2D eigenvalue weighted by Gasteiger charge is -2.27. The van der Waals surface area contributed by atoms with Gasteiger partial charge in [-0.05, 0) is 44.5 Å². The van der Waals surface area contributed by atoms with Crippen molar-refractivity contribution in [3.63, 3.8) is 0 Å². The first-order chi connectivity index (χ1) is 7.27. The molecule has 1 aromatic carbocycles. The van der Waals surface area contributed by atoms with E-state index in [4.69, 9.17) is 0 Å². The first-order valence-electron chi connectivity index (χ1n) is 5.77. The summed E-state index contributed by atoms with van der Waals surface area (Å²) in [5.41, 5.74) is 2.29. The Morgan fingerprint density at radius 3 is 2.60 bits per heavy atom. The summed E-state index contributed by atoms with van der Waals surface area (Å²) < 4.78 is 0. The van der Waals surface area contributed by atoms with Crippen LogP contribution in [0.15, 0.2) is 18.2 Å². The van der Waals surface area contributed by atoms with Gasteiger partial charge in [0.25, 0.3) is 0 Å². The molecule has 1 heterocycles. The predicted octanol–water partition coefficient (Wildman–Crippen LogP) is 2.69. The molecule has 0 aromatic heterocycles. The highest BCUT2D eigenvalue weighted by molar-refractivity contribution is 5.38. The Morgan fingerprint density at radius 2 is 1.93 bits per heavy atom. The molecule has 82 valence electrons. The second-order valence-electron chi connectivity index (χ2n) is 4.41. The van der Waals surface area contributed by atoms with Crippen LogP contribution in [0, 0.1) is 6.92 Å². The highest BCUT2D eigenvalue weighted by Crippen LogP contribution is 2.23. The fourth-order valence-corrected chi connectivity index (χ4v) is 2.23. The third-order valence-corrected chi connectivity index (χ3v) is 3.22. The van der Waals surface area contributed by atoms with Gasteiger partial charge in [0.05, 0.1) is 0 Å². The molecule has 1 aliphatic heterocycles. The van der Waals surface area contributed by atoms with E-state index in [1.54, 1.807) is 6.07 Å². The van der Waals surface area contributed by atoms with Crippen molar-refractivity contribution in [3.8, 4) is 5.75 Å². The molecule has 1 N–H and O–H groups in total. The number of rotatable bonds is 2. The van der Waals surface area contributed by atoms with Gasteiger partial charge in [0.2, 0.25) is 0 Å². The molecule has 1 aliphatic rings. The van der Waals surface area contributed by atoms with Gasteiger partial charge >= 0.3 is 0 Å². The Morgan fingerprint density at radius 1 is 1.20 bits per heavy atom. The van der Waals surface area contributed by atoms with Crippen molar-refractivity contribution in [3.05, 3.63) is 29.3 Å². The van der Waals surface area contributed by atoms with E-state index < -0.39 is 0 Å². The van der Waals surface area contributed by atoms with Gasteiger partial charge in [0, 0.05) is 12.1 Å². The quantitative estimate of drug-likeness (QED) is 0.802. The summed E-state index contributed by atoms with van der Waals surface area (Å²) in [6, 6.07) is 5.76. The molecule has 0 saturated carbocycles. The van der Waals surface area contributed by atoms with Crippen LogP contribution >= 0.6 is 0 Å². The van der Waals surface area contributed by atoms with Crippen molar-refractivity contribution < 1.29 is 5.11 Å². The Hall–Kier alpha value is -1.02. The topological polar surface area (TPSA) is 23.5 Å². The molecular formula is C13H19NO. The van der Waals surface area contributed by atoms with E-state index in [9.17, 15) is 5.11 Å². The molecule has 0 radical (unpaired) electrons. The number of likely N-dealkylation sites (tertiary alicyclic amines) is 1. The minimum absolute atomic E-state index is 0.445. The van der Waals surface area contributed by atoms with Crippen LogP contribution in [-0.2, 0) is 6.54 Å². The number of aromatic hydroxyl groups is 1. The third-order valence-electron chi connectivity index (χ3n) is 3.22. The third kappa shape index (κ3) is 2.51. The maximum atomic E-state index is 9.80. The number of hydrogen-bond donors (Lipinski definition) is 1. The van der Waals surface area contributed by atoms with Crippen LogP contribution in [0.4, 0.5) is 0 Å². The summed E-state index contributed by atoms with van der Waals surface area (Å²) in [5.74, 6) is 0.445. The zero-order chi connectivity index (χ0) is 10.7. The van der Waals surface area contributed by atoms with Crippen LogP contribution < -0.4 is 0 Å². The maximum absolute atomic E-state index is 9.80. The standard InChI is InChI=1S/C13H19NO/c1-11-6-5-7-13(15)12(11)10-14-8-3-2-4-9-14/h5-7,15H,2-4,8-10H2,1H3. The fourth-order valence-electron chi connectivity index (χ4n) is 2.23. The highest BCUT2D eigenvalue weighted by Gasteiger charge is 2.13. The lowest BCUT2D eigenvalue weighted by molar-refractivity contribution is 0.218. The average Bonchev–Trinajstić information content (AvgIpc) is 2.25. The number of phenols is 1. The van der Waals surface area contributed by atoms with Crippen molar-refractivity contribution >= 4 is 0 Å². The molecule has 0 bridgehead atoms. The predicted molar refractivity (Wildman–Crippen MR) is 62.0 cm³/mol. The smallest absolute Gasteiger partial charge is 0.120 e. The van der Waals surface area contributed by atoms with E-state index in [0.717, 1.165) is 12.1 Å². The highest BCUT2D eigenvalue weighted by atomic mass is 16.3. The van der Waals surface area contributed by atoms with E-state index in [1.165, 1.54) is 37.9 Å². The molecule has 0 unspecified atom stereocenters. The molecule has 0 atom stereocenters. The number of aryl methyl sites for hydroxylation is 1. The number of hydrogen-bond acceptors (Lipinski definition) is 2. The summed E-state index contributed by atoms with van der Waals surface area (Å²) in [6.45, 7) is 5.32. The summed E-state index contributed by atoms with van der Waals surface area (Å²) in [5, 5.41) is 9.80. The maximum Gasteiger partial charge on any atom is 0.120 e. The zero-order valence-electron chi connectivity index (χ0n) is 9.37. The monoisotopic (exact) mass is 205 g/mol. The minimum atomic E-state index is 0.445. The number of benzene rings is 1. The number of phenolic OH excluding ortho intramolecular Hbond substituents is 1. The van der Waals surface area contributed by atoms with Gasteiger partial charge in [-0.25, -0.2) is 0 Å². The summed E-state index contributed by atoms with van der Waals surface area (Å²) in [7, 11) is 0. The minimum Gasteiger partial charge on any atom is -0.508 e. The Bertz CT molecular complexity index is 309. The van der Waals surface area contributed by atoms with Crippen LogP contribution in [-0.4, -0.2) is 23.1 Å². The van der Waals surface area contributed by atoms with E-state index in [-0.39, 0.29) is 0 Å². The van der Waals surface area contributed by atoms with Crippen molar-refractivity contribution in [2.45, 2.75) is 32.7 Å².